The molecular formula is C11H11BrN6S. The van der Waals surface area contributed by atoms with Crippen LogP contribution in [-0.4, -0.2) is 32.1 Å². The van der Waals surface area contributed by atoms with Gasteiger partial charge in [-0.3, -0.25) is 0 Å². The van der Waals surface area contributed by atoms with Crippen LogP contribution in [0.25, 0.3) is 0 Å². The van der Waals surface area contributed by atoms with E-state index >= 15 is 0 Å². The Morgan fingerprint density at radius 1 is 1.21 bits per heavy atom. The molecule has 0 aliphatic rings. The highest BCUT2D eigenvalue weighted by atomic mass is 79.9. The Morgan fingerprint density at radius 3 is 2.79 bits per heavy atom. The number of halogens is 1. The predicted octanol–water partition coefficient (Wildman–Crippen LogP) is 1.56. The molecule has 0 fully saturated rings. The van der Waals surface area contributed by atoms with Gasteiger partial charge in [-0.25, -0.2) is 0 Å². The first kappa shape index (κ1) is 13.8. The first-order valence-corrected chi connectivity index (χ1v) is 6.74. The molecule has 2 rings (SSSR count). The van der Waals surface area contributed by atoms with Crippen molar-refractivity contribution in [1.29, 1.82) is 0 Å². The smallest absolute Gasteiger partial charge is 0.172 e. The minimum Gasteiger partial charge on any atom is -0.362 e. The Morgan fingerprint density at radius 2 is 2.05 bits per heavy atom. The van der Waals surface area contributed by atoms with E-state index in [2.05, 4.69) is 47.0 Å². The molecule has 98 valence electrons. The molecule has 0 aliphatic carbocycles. The SMILES string of the molecule is S=C(NCCc1cccnn1)Nc1nnccc1Br. The summed E-state index contributed by atoms with van der Waals surface area (Å²) in [7, 11) is 0. The highest BCUT2D eigenvalue weighted by molar-refractivity contribution is 9.10. The predicted molar refractivity (Wildman–Crippen MR) is 79.7 cm³/mol. The number of hydrogen-bond acceptors (Lipinski definition) is 5. The van der Waals surface area contributed by atoms with Crippen LogP contribution in [0.1, 0.15) is 5.69 Å². The van der Waals surface area contributed by atoms with Crippen molar-refractivity contribution >= 4 is 39.1 Å². The normalized spacial score (nSPS) is 9.95. The van der Waals surface area contributed by atoms with E-state index < -0.39 is 0 Å². The molecule has 8 heteroatoms. The summed E-state index contributed by atoms with van der Waals surface area (Å²) in [6.45, 7) is 0.669. The quantitative estimate of drug-likeness (QED) is 0.819. The van der Waals surface area contributed by atoms with Gasteiger partial charge in [0.15, 0.2) is 10.9 Å². The molecule has 0 amide bonds. The van der Waals surface area contributed by atoms with Crippen molar-refractivity contribution in [1.82, 2.24) is 25.7 Å². The molecule has 19 heavy (non-hydrogen) atoms. The highest BCUT2D eigenvalue weighted by Gasteiger charge is 2.03. The number of hydrogen-bond donors (Lipinski definition) is 2. The number of aromatic nitrogens is 4. The zero-order chi connectivity index (χ0) is 13.5. The average molecular weight is 339 g/mol. The summed E-state index contributed by atoms with van der Waals surface area (Å²) in [6.07, 6.45) is 3.99. The van der Waals surface area contributed by atoms with Crippen LogP contribution < -0.4 is 10.6 Å². The lowest BCUT2D eigenvalue weighted by molar-refractivity contribution is 0.817. The Balaban J connectivity index is 1.78. The molecule has 2 aromatic rings. The van der Waals surface area contributed by atoms with Crippen molar-refractivity contribution in [2.45, 2.75) is 6.42 Å². The van der Waals surface area contributed by atoms with Crippen LogP contribution in [0.15, 0.2) is 35.1 Å². The molecule has 0 unspecified atom stereocenters. The van der Waals surface area contributed by atoms with Crippen LogP contribution >= 0.6 is 28.1 Å². The van der Waals surface area contributed by atoms with Crippen molar-refractivity contribution in [3.05, 3.63) is 40.8 Å². The molecule has 0 aromatic carbocycles. The lowest BCUT2D eigenvalue weighted by Crippen LogP contribution is -2.30. The number of anilines is 1. The summed E-state index contributed by atoms with van der Waals surface area (Å²) in [5.41, 5.74) is 0.915. The molecule has 0 saturated carbocycles. The van der Waals surface area contributed by atoms with Crippen LogP contribution in [0.3, 0.4) is 0 Å². The standard InChI is InChI=1S/C11H11BrN6S/c12-9-4-7-15-18-10(9)16-11(19)13-6-3-8-2-1-5-14-17-8/h1-2,4-5,7H,3,6H2,(H2,13,16,18,19). The van der Waals surface area contributed by atoms with Gasteiger partial charge in [-0.1, -0.05) is 0 Å². The van der Waals surface area contributed by atoms with Gasteiger partial charge in [-0.05, 0) is 46.3 Å². The van der Waals surface area contributed by atoms with Crippen molar-refractivity contribution in [2.75, 3.05) is 11.9 Å². The van der Waals surface area contributed by atoms with E-state index in [0.29, 0.717) is 17.5 Å². The maximum absolute atomic E-state index is 5.16. The van der Waals surface area contributed by atoms with E-state index in [0.717, 1.165) is 16.6 Å². The molecule has 0 aliphatic heterocycles. The second-order valence-corrected chi connectivity index (χ2v) is 4.84. The molecule has 2 N–H and O–H groups in total. The van der Waals surface area contributed by atoms with Crippen LogP contribution in [0.4, 0.5) is 5.82 Å². The number of rotatable bonds is 4. The zero-order valence-electron chi connectivity index (χ0n) is 9.88. The number of thiocarbonyl (C=S) groups is 1. The van der Waals surface area contributed by atoms with Gasteiger partial charge in [0.25, 0.3) is 0 Å². The fraction of sp³-hybridized carbons (Fsp3) is 0.182. The summed E-state index contributed by atoms with van der Waals surface area (Å²) in [5.74, 6) is 0.583. The molecule has 0 saturated heterocycles. The average Bonchev–Trinajstić information content (AvgIpc) is 2.43. The van der Waals surface area contributed by atoms with Crippen molar-refractivity contribution in [3.63, 3.8) is 0 Å². The third kappa shape index (κ3) is 4.49. The second-order valence-electron chi connectivity index (χ2n) is 3.57. The van der Waals surface area contributed by atoms with Gasteiger partial charge >= 0.3 is 0 Å². The summed E-state index contributed by atoms with van der Waals surface area (Å²) < 4.78 is 0.806. The molecule has 2 aromatic heterocycles. The lowest BCUT2D eigenvalue weighted by Gasteiger charge is -2.09. The van der Waals surface area contributed by atoms with E-state index in [-0.39, 0.29) is 0 Å². The van der Waals surface area contributed by atoms with Crippen molar-refractivity contribution < 1.29 is 0 Å². The summed E-state index contributed by atoms with van der Waals surface area (Å²) >= 11 is 8.52. The lowest BCUT2D eigenvalue weighted by atomic mass is 10.3. The maximum atomic E-state index is 5.16. The Hall–Kier alpha value is -1.67. The highest BCUT2D eigenvalue weighted by Crippen LogP contribution is 2.16. The summed E-state index contributed by atoms with van der Waals surface area (Å²) in [4.78, 5) is 0. The van der Waals surface area contributed by atoms with E-state index in [1.54, 1.807) is 18.5 Å². The van der Waals surface area contributed by atoms with Crippen LogP contribution in [0.5, 0.6) is 0 Å². The summed E-state index contributed by atoms with van der Waals surface area (Å²) in [5, 5.41) is 22.0. The van der Waals surface area contributed by atoms with Gasteiger partial charge in [0.2, 0.25) is 0 Å². The van der Waals surface area contributed by atoms with E-state index in [1.807, 2.05) is 12.1 Å². The zero-order valence-corrected chi connectivity index (χ0v) is 12.3. The third-order valence-electron chi connectivity index (χ3n) is 2.20. The largest absolute Gasteiger partial charge is 0.362 e. The molecular weight excluding hydrogens is 328 g/mol. The molecule has 2 heterocycles. The van der Waals surface area contributed by atoms with Gasteiger partial charge in [0.1, 0.15) is 0 Å². The van der Waals surface area contributed by atoms with Gasteiger partial charge in [0, 0.05) is 19.2 Å². The van der Waals surface area contributed by atoms with E-state index in [1.165, 1.54) is 0 Å². The fourth-order valence-electron chi connectivity index (χ4n) is 1.32. The van der Waals surface area contributed by atoms with Crippen LogP contribution in [-0.2, 0) is 6.42 Å². The third-order valence-corrected chi connectivity index (χ3v) is 3.08. The fourth-order valence-corrected chi connectivity index (χ4v) is 1.82. The second kappa shape index (κ2) is 7.05. The van der Waals surface area contributed by atoms with E-state index in [9.17, 15) is 0 Å². The van der Waals surface area contributed by atoms with Gasteiger partial charge in [-0.15, -0.1) is 5.10 Å². The van der Waals surface area contributed by atoms with Crippen LogP contribution in [0, 0.1) is 0 Å². The molecule has 6 nitrogen and oxygen atoms in total. The van der Waals surface area contributed by atoms with Gasteiger partial charge < -0.3 is 10.6 Å². The minimum absolute atomic E-state index is 0.491. The number of nitrogens with one attached hydrogen (secondary N) is 2. The topological polar surface area (TPSA) is 75.6 Å². The summed E-state index contributed by atoms with van der Waals surface area (Å²) in [6, 6.07) is 5.57. The van der Waals surface area contributed by atoms with Gasteiger partial charge in [-0.2, -0.15) is 15.3 Å². The Labute approximate surface area is 124 Å². The van der Waals surface area contributed by atoms with Crippen molar-refractivity contribution in [2.24, 2.45) is 0 Å². The molecule has 0 radical (unpaired) electrons. The maximum Gasteiger partial charge on any atom is 0.172 e. The molecule has 0 spiro atoms. The van der Waals surface area contributed by atoms with Crippen molar-refractivity contribution in [3.8, 4) is 0 Å². The number of nitrogens with zero attached hydrogens (tertiary/aromatic N) is 4. The monoisotopic (exact) mass is 338 g/mol. The van der Waals surface area contributed by atoms with E-state index in [4.69, 9.17) is 12.2 Å². The molecule has 0 bridgehead atoms. The van der Waals surface area contributed by atoms with Crippen LogP contribution in [0.2, 0.25) is 0 Å². The Bertz CT molecular complexity index is 550. The minimum atomic E-state index is 0.491. The van der Waals surface area contributed by atoms with Gasteiger partial charge in [0.05, 0.1) is 16.4 Å². The Kier molecular flexibility index (Phi) is 5.10. The molecule has 0 atom stereocenters. The first-order chi connectivity index (χ1) is 9.25. The first-order valence-electron chi connectivity index (χ1n) is 5.54.